The molecule has 5 nitrogen and oxygen atoms in total. The molecule has 0 radical (unpaired) electrons. The number of hydrogen-bond donors (Lipinski definition) is 3. The molecular formula is C21H17NO4. The van der Waals surface area contributed by atoms with Gasteiger partial charge in [0.1, 0.15) is 22.7 Å². The van der Waals surface area contributed by atoms with Gasteiger partial charge < -0.3 is 20.3 Å². The van der Waals surface area contributed by atoms with Crippen molar-refractivity contribution in [2.24, 2.45) is 0 Å². The van der Waals surface area contributed by atoms with E-state index >= 15 is 0 Å². The molecule has 0 saturated carbocycles. The van der Waals surface area contributed by atoms with Gasteiger partial charge in [-0.15, -0.1) is 0 Å². The summed E-state index contributed by atoms with van der Waals surface area (Å²) in [6, 6.07) is 18.6. The molecule has 0 spiro atoms. The maximum Gasteiger partial charge on any atom is 0.244 e. The summed E-state index contributed by atoms with van der Waals surface area (Å²) in [4.78, 5) is 13.3. The summed E-state index contributed by atoms with van der Waals surface area (Å²) in [7, 11) is 1.57. The quantitative estimate of drug-likeness (QED) is 0.679. The lowest BCUT2D eigenvalue weighted by Gasteiger charge is -2.30. The smallest absolute Gasteiger partial charge is 0.244 e. The van der Waals surface area contributed by atoms with E-state index in [1.807, 2.05) is 18.2 Å². The van der Waals surface area contributed by atoms with Crippen LogP contribution in [0.5, 0.6) is 17.2 Å². The van der Waals surface area contributed by atoms with Gasteiger partial charge in [-0.2, -0.15) is 0 Å². The van der Waals surface area contributed by atoms with Crippen molar-refractivity contribution >= 4 is 11.6 Å². The molecule has 1 aliphatic heterocycles. The SMILES string of the molecule is COc1cccc2c1C(c1ccc(O)cc1)(c1ccc(O)cc1)C(=O)N2. The van der Waals surface area contributed by atoms with Crippen LogP contribution in [0.15, 0.2) is 66.7 Å². The van der Waals surface area contributed by atoms with Crippen molar-refractivity contribution in [3.8, 4) is 17.2 Å². The first-order chi connectivity index (χ1) is 12.6. The van der Waals surface area contributed by atoms with E-state index in [-0.39, 0.29) is 17.4 Å². The maximum absolute atomic E-state index is 13.3. The van der Waals surface area contributed by atoms with Crippen LogP contribution in [-0.2, 0) is 10.2 Å². The molecule has 0 aliphatic carbocycles. The number of anilines is 1. The summed E-state index contributed by atoms with van der Waals surface area (Å²) in [6.45, 7) is 0. The summed E-state index contributed by atoms with van der Waals surface area (Å²) in [5.41, 5.74) is 1.63. The minimum absolute atomic E-state index is 0.119. The van der Waals surface area contributed by atoms with E-state index in [9.17, 15) is 15.0 Å². The van der Waals surface area contributed by atoms with Crippen molar-refractivity contribution in [3.05, 3.63) is 83.4 Å². The van der Waals surface area contributed by atoms with Crippen LogP contribution in [0.4, 0.5) is 5.69 Å². The monoisotopic (exact) mass is 347 g/mol. The Morgan fingerprint density at radius 2 is 1.38 bits per heavy atom. The van der Waals surface area contributed by atoms with Crippen molar-refractivity contribution in [3.63, 3.8) is 0 Å². The zero-order valence-corrected chi connectivity index (χ0v) is 14.1. The first kappa shape index (κ1) is 16.0. The fraction of sp³-hybridized carbons (Fsp3) is 0.0952. The van der Waals surface area contributed by atoms with E-state index < -0.39 is 5.41 Å². The number of nitrogens with one attached hydrogen (secondary N) is 1. The molecule has 4 rings (SSSR count). The standard InChI is InChI=1S/C21H17NO4/c1-26-18-4-2-3-17-19(18)21(20(25)22-17,13-5-9-15(23)10-6-13)14-7-11-16(24)12-8-14/h2-12,23-24H,1H3,(H,22,25). The fourth-order valence-corrected chi connectivity index (χ4v) is 3.66. The summed E-state index contributed by atoms with van der Waals surface area (Å²) < 4.78 is 5.56. The number of carbonyl (C=O) groups excluding carboxylic acids is 1. The van der Waals surface area contributed by atoms with E-state index in [4.69, 9.17) is 4.74 Å². The molecule has 5 heteroatoms. The minimum atomic E-state index is -1.15. The van der Waals surface area contributed by atoms with Gasteiger partial charge in [0.2, 0.25) is 5.91 Å². The van der Waals surface area contributed by atoms with Gasteiger partial charge in [-0.1, -0.05) is 30.3 Å². The predicted octanol–water partition coefficient (Wildman–Crippen LogP) is 3.39. The molecule has 0 fully saturated rings. The number of methoxy groups -OCH3 is 1. The van der Waals surface area contributed by atoms with Gasteiger partial charge in [0.15, 0.2) is 0 Å². The number of aromatic hydroxyl groups is 2. The minimum Gasteiger partial charge on any atom is -0.508 e. The van der Waals surface area contributed by atoms with Gasteiger partial charge >= 0.3 is 0 Å². The summed E-state index contributed by atoms with van der Waals surface area (Å²) in [6.07, 6.45) is 0. The van der Waals surface area contributed by atoms with Crippen LogP contribution in [-0.4, -0.2) is 23.2 Å². The van der Waals surface area contributed by atoms with Gasteiger partial charge in [0.25, 0.3) is 0 Å². The Morgan fingerprint density at radius 1 is 0.846 bits per heavy atom. The highest BCUT2D eigenvalue weighted by molar-refractivity contribution is 6.12. The number of amides is 1. The van der Waals surface area contributed by atoms with Crippen LogP contribution < -0.4 is 10.1 Å². The van der Waals surface area contributed by atoms with E-state index in [1.165, 1.54) is 0 Å². The zero-order valence-electron chi connectivity index (χ0n) is 14.1. The molecule has 1 amide bonds. The highest BCUT2D eigenvalue weighted by atomic mass is 16.5. The molecule has 3 aromatic rings. The summed E-state index contributed by atoms with van der Waals surface area (Å²) in [5.74, 6) is 0.608. The normalized spacial score (nSPS) is 14.6. The second kappa shape index (κ2) is 5.81. The van der Waals surface area contributed by atoms with Crippen LogP contribution in [0.25, 0.3) is 0 Å². The average molecular weight is 347 g/mol. The molecule has 3 aromatic carbocycles. The Balaban J connectivity index is 2.10. The Bertz CT molecular complexity index is 932. The lowest BCUT2D eigenvalue weighted by molar-refractivity contribution is -0.118. The number of fused-ring (bicyclic) bond motifs is 1. The molecule has 0 unspecified atom stereocenters. The van der Waals surface area contributed by atoms with Crippen LogP contribution in [0.1, 0.15) is 16.7 Å². The summed E-state index contributed by atoms with van der Waals surface area (Å²) in [5, 5.41) is 22.3. The largest absolute Gasteiger partial charge is 0.508 e. The van der Waals surface area contributed by atoms with E-state index in [0.29, 0.717) is 28.1 Å². The van der Waals surface area contributed by atoms with Crippen LogP contribution in [0.3, 0.4) is 0 Å². The van der Waals surface area contributed by atoms with Gasteiger partial charge in [-0.3, -0.25) is 4.79 Å². The van der Waals surface area contributed by atoms with Crippen molar-refractivity contribution < 1.29 is 19.7 Å². The molecule has 0 bridgehead atoms. The third kappa shape index (κ3) is 2.14. The Morgan fingerprint density at radius 3 is 1.88 bits per heavy atom. The van der Waals surface area contributed by atoms with Crippen LogP contribution >= 0.6 is 0 Å². The molecular weight excluding hydrogens is 330 g/mol. The topological polar surface area (TPSA) is 78.8 Å². The highest BCUT2D eigenvalue weighted by Crippen LogP contribution is 2.51. The molecule has 26 heavy (non-hydrogen) atoms. The van der Waals surface area contributed by atoms with E-state index in [0.717, 1.165) is 0 Å². The molecule has 1 heterocycles. The number of benzene rings is 3. The van der Waals surface area contributed by atoms with Crippen molar-refractivity contribution in [1.29, 1.82) is 0 Å². The lowest BCUT2D eigenvalue weighted by atomic mass is 9.70. The number of ether oxygens (including phenoxy) is 1. The Kier molecular flexibility index (Phi) is 3.58. The van der Waals surface area contributed by atoms with Crippen LogP contribution in [0, 0.1) is 0 Å². The number of rotatable bonds is 3. The van der Waals surface area contributed by atoms with Crippen molar-refractivity contribution in [2.45, 2.75) is 5.41 Å². The van der Waals surface area contributed by atoms with Crippen molar-refractivity contribution in [1.82, 2.24) is 0 Å². The van der Waals surface area contributed by atoms with Crippen LogP contribution in [0.2, 0.25) is 0 Å². The van der Waals surface area contributed by atoms with Gasteiger partial charge in [-0.25, -0.2) is 0 Å². The molecule has 0 aromatic heterocycles. The summed E-state index contributed by atoms with van der Waals surface area (Å²) >= 11 is 0. The van der Waals surface area contributed by atoms with Gasteiger partial charge in [0.05, 0.1) is 7.11 Å². The number of carbonyl (C=O) groups is 1. The second-order valence-electron chi connectivity index (χ2n) is 6.18. The predicted molar refractivity (Wildman–Crippen MR) is 97.7 cm³/mol. The van der Waals surface area contributed by atoms with Gasteiger partial charge in [0, 0.05) is 11.3 Å². The molecule has 3 N–H and O–H groups in total. The number of phenols is 2. The Hall–Kier alpha value is -3.47. The first-order valence-electron chi connectivity index (χ1n) is 8.15. The van der Waals surface area contributed by atoms with E-state index in [1.54, 1.807) is 55.6 Å². The molecule has 0 atom stereocenters. The Labute approximate surface area is 150 Å². The third-order valence-electron chi connectivity index (χ3n) is 4.81. The van der Waals surface area contributed by atoms with Gasteiger partial charge in [-0.05, 0) is 47.5 Å². The second-order valence-corrected chi connectivity index (χ2v) is 6.18. The number of phenolic OH excluding ortho intramolecular Hbond substituents is 2. The molecule has 1 aliphatic rings. The highest BCUT2D eigenvalue weighted by Gasteiger charge is 2.51. The number of hydrogen-bond acceptors (Lipinski definition) is 4. The fourth-order valence-electron chi connectivity index (χ4n) is 3.66. The third-order valence-corrected chi connectivity index (χ3v) is 4.81. The van der Waals surface area contributed by atoms with Crippen molar-refractivity contribution in [2.75, 3.05) is 12.4 Å². The molecule has 130 valence electrons. The molecule has 0 saturated heterocycles. The first-order valence-corrected chi connectivity index (χ1v) is 8.15. The maximum atomic E-state index is 13.3. The average Bonchev–Trinajstić information content (AvgIpc) is 2.96. The van der Waals surface area contributed by atoms with E-state index in [2.05, 4.69) is 5.32 Å². The lowest BCUT2D eigenvalue weighted by Crippen LogP contribution is -2.37. The zero-order chi connectivity index (χ0) is 18.3.